The molecule has 2 atom stereocenters. The second-order valence-corrected chi connectivity index (χ2v) is 9.26. The Bertz CT molecular complexity index is 1280. The van der Waals surface area contributed by atoms with Gasteiger partial charge in [0, 0.05) is 27.0 Å². The monoisotopic (exact) mass is 617 g/mol. The van der Waals surface area contributed by atoms with Crippen molar-refractivity contribution in [1.29, 1.82) is 0 Å². The third-order valence-electron chi connectivity index (χ3n) is 5.40. The predicted molar refractivity (Wildman–Crippen MR) is 143 cm³/mol. The van der Waals surface area contributed by atoms with Crippen LogP contribution in [-0.4, -0.2) is 35.2 Å². The van der Waals surface area contributed by atoms with Gasteiger partial charge in [-0.25, -0.2) is 9.59 Å². The van der Waals surface area contributed by atoms with Crippen LogP contribution in [-0.2, 0) is 9.53 Å². The molecule has 0 radical (unpaired) electrons. The van der Waals surface area contributed by atoms with Crippen LogP contribution in [0.4, 0.5) is 10.5 Å². The first kappa shape index (κ1) is 26.1. The van der Waals surface area contributed by atoms with E-state index in [9.17, 15) is 14.7 Å². The predicted octanol–water partition coefficient (Wildman–Crippen LogP) is 5.88. The average molecular weight is 617 g/mol. The smallest absolute Gasteiger partial charge is 0.412 e. The van der Waals surface area contributed by atoms with Crippen LogP contribution in [0, 0.1) is 3.57 Å². The number of carboxylic acid groups (broad SMARTS) is 1. The highest BCUT2D eigenvalue weighted by Crippen LogP contribution is 2.36. The highest BCUT2D eigenvalue weighted by molar-refractivity contribution is 14.1. The number of halogens is 1. The van der Waals surface area contributed by atoms with E-state index in [1.165, 1.54) is 12.1 Å². The molecule has 0 aromatic heterocycles. The number of amides is 1. The molecular formula is C27H24INO8. The van der Waals surface area contributed by atoms with E-state index in [1.54, 1.807) is 42.5 Å². The Morgan fingerprint density at radius 1 is 1.05 bits per heavy atom. The maximum Gasteiger partial charge on any atom is 0.412 e. The molecule has 0 saturated carbocycles. The summed E-state index contributed by atoms with van der Waals surface area (Å²) in [7, 11) is 0. The fourth-order valence-corrected chi connectivity index (χ4v) is 4.24. The Balaban J connectivity index is 1.61. The number of phenolic OH excluding ortho intramolecular Hbond substituents is 1. The number of rotatable bonds is 10. The number of allylic oxidation sites excluding steroid dienone is 1. The van der Waals surface area contributed by atoms with Gasteiger partial charge in [0.25, 0.3) is 0 Å². The fourth-order valence-electron chi connectivity index (χ4n) is 3.72. The molecule has 10 heteroatoms. The lowest BCUT2D eigenvalue weighted by molar-refractivity contribution is -0.131. The highest BCUT2D eigenvalue weighted by atomic mass is 127. The van der Waals surface area contributed by atoms with E-state index in [2.05, 4.69) is 27.9 Å². The maximum absolute atomic E-state index is 13.0. The number of nitrogens with one attached hydrogen (secondary N) is 1. The number of fused-ring (bicyclic) bond motifs is 1. The summed E-state index contributed by atoms with van der Waals surface area (Å²) in [6.07, 6.45) is 0.621. The first-order valence-corrected chi connectivity index (χ1v) is 12.4. The lowest BCUT2D eigenvalue weighted by atomic mass is 9.99. The van der Waals surface area contributed by atoms with Gasteiger partial charge in [-0.3, -0.25) is 5.32 Å². The third-order valence-corrected chi connectivity index (χ3v) is 6.07. The SMILES string of the molecule is O=C(O)/C=C/CC[C@@H](Oc1ccccc1)[C@H](OC(=O)Nc1ccc2c(c1)OCO2)c1cc(I)ccc1O. The van der Waals surface area contributed by atoms with Crippen LogP contribution in [0.25, 0.3) is 0 Å². The summed E-state index contributed by atoms with van der Waals surface area (Å²) in [5, 5.41) is 22.3. The summed E-state index contributed by atoms with van der Waals surface area (Å²) < 4.78 is 23.5. The number of aliphatic carboxylic acids is 1. The summed E-state index contributed by atoms with van der Waals surface area (Å²) in [6.45, 7) is 0.103. The molecular weight excluding hydrogens is 593 g/mol. The number of benzene rings is 3. The molecule has 0 fully saturated rings. The molecule has 1 heterocycles. The van der Waals surface area contributed by atoms with Gasteiger partial charge >= 0.3 is 12.1 Å². The standard InChI is InChI=1S/C27H24INO8/c28-17-10-12-21(30)20(14-17)26(37-27(33)29-18-11-13-22-24(15-18)35-16-34-22)23(8-4-5-9-25(31)32)36-19-6-2-1-3-7-19/h1-3,5-7,9-15,23,26,30H,4,8,16H2,(H,29,33)(H,31,32)/b9-5+/t23-,26-/m1/s1. The molecule has 0 aliphatic carbocycles. The average Bonchev–Trinajstić information content (AvgIpc) is 3.34. The minimum atomic E-state index is -1.06. The first-order chi connectivity index (χ1) is 17.9. The lowest BCUT2D eigenvalue weighted by Gasteiger charge is -2.28. The van der Waals surface area contributed by atoms with Crippen LogP contribution in [0.5, 0.6) is 23.0 Å². The third kappa shape index (κ3) is 7.29. The number of carboxylic acids is 1. The van der Waals surface area contributed by atoms with Crippen LogP contribution in [0.15, 0.2) is 78.9 Å². The largest absolute Gasteiger partial charge is 0.508 e. The zero-order valence-corrected chi connectivity index (χ0v) is 21.7. The van der Waals surface area contributed by atoms with Gasteiger partial charge in [-0.2, -0.15) is 0 Å². The molecule has 9 nitrogen and oxygen atoms in total. The van der Waals surface area contributed by atoms with Crippen molar-refractivity contribution in [2.45, 2.75) is 25.0 Å². The molecule has 4 rings (SSSR count). The van der Waals surface area contributed by atoms with Crippen molar-refractivity contribution in [2.24, 2.45) is 0 Å². The minimum absolute atomic E-state index is 0.0657. The van der Waals surface area contributed by atoms with Crippen LogP contribution in [0.2, 0.25) is 0 Å². The second-order valence-electron chi connectivity index (χ2n) is 8.01. The summed E-state index contributed by atoms with van der Waals surface area (Å²) in [6, 6.07) is 18.9. The number of phenols is 1. The molecule has 3 aromatic rings. The fraction of sp³-hybridized carbons (Fsp3) is 0.185. The molecule has 0 saturated heterocycles. The Morgan fingerprint density at radius 2 is 1.84 bits per heavy atom. The van der Waals surface area contributed by atoms with Crippen LogP contribution >= 0.6 is 22.6 Å². The van der Waals surface area contributed by atoms with E-state index in [0.29, 0.717) is 41.3 Å². The van der Waals surface area contributed by atoms with Crippen LogP contribution in [0.3, 0.4) is 0 Å². The van der Waals surface area contributed by atoms with Crippen molar-refractivity contribution in [3.8, 4) is 23.0 Å². The van der Waals surface area contributed by atoms with Crippen LogP contribution in [0.1, 0.15) is 24.5 Å². The number of carbonyl (C=O) groups excluding carboxylic acids is 1. The van der Waals surface area contributed by atoms with E-state index >= 15 is 0 Å². The number of hydrogen-bond donors (Lipinski definition) is 3. The number of carbonyl (C=O) groups is 2. The van der Waals surface area contributed by atoms with Crippen molar-refractivity contribution in [3.63, 3.8) is 0 Å². The number of para-hydroxylation sites is 1. The lowest BCUT2D eigenvalue weighted by Crippen LogP contribution is -2.31. The van der Waals surface area contributed by atoms with E-state index in [-0.39, 0.29) is 12.5 Å². The molecule has 1 aliphatic heterocycles. The van der Waals surface area contributed by atoms with E-state index in [4.69, 9.17) is 24.1 Å². The van der Waals surface area contributed by atoms with Gasteiger partial charge in [0.2, 0.25) is 6.79 Å². The second kappa shape index (κ2) is 12.3. The van der Waals surface area contributed by atoms with Crippen molar-refractivity contribution in [2.75, 3.05) is 12.1 Å². The number of ether oxygens (including phenoxy) is 4. The molecule has 192 valence electrons. The minimum Gasteiger partial charge on any atom is -0.508 e. The van der Waals surface area contributed by atoms with E-state index < -0.39 is 24.3 Å². The highest BCUT2D eigenvalue weighted by Gasteiger charge is 2.31. The molecule has 3 aromatic carbocycles. The zero-order valence-electron chi connectivity index (χ0n) is 19.5. The van der Waals surface area contributed by atoms with E-state index in [0.717, 1.165) is 9.65 Å². The molecule has 0 unspecified atom stereocenters. The molecule has 0 bridgehead atoms. The van der Waals surface area contributed by atoms with Gasteiger partial charge in [0.05, 0.1) is 0 Å². The van der Waals surface area contributed by atoms with Gasteiger partial charge < -0.3 is 29.2 Å². The summed E-state index contributed by atoms with van der Waals surface area (Å²) >= 11 is 2.10. The Labute approximate surface area is 226 Å². The first-order valence-electron chi connectivity index (χ1n) is 11.4. The zero-order chi connectivity index (χ0) is 26.2. The van der Waals surface area contributed by atoms with Gasteiger partial charge in [-0.15, -0.1) is 0 Å². The van der Waals surface area contributed by atoms with Crippen molar-refractivity contribution in [1.82, 2.24) is 0 Å². The summed E-state index contributed by atoms with van der Waals surface area (Å²) in [5.41, 5.74) is 0.792. The Hall–Kier alpha value is -3.93. The van der Waals surface area contributed by atoms with Crippen LogP contribution < -0.4 is 19.5 Å². The molecule has 0 spiro atoms. The number of hydrogen-bond acceptors (Lipinski definition) is 7. The Morgan fingerprint density at radius 3 is 2.62 bits per heavy atom. The van der Waals surface area contributed by atoms with Gasteiger partial charge in [0.15, 0.2) is 17.6 Å². The van der Waals surface area contributed by atoms with Gasteiger partial charge in [-0.1, -0.05) is 24.3 Å². The Kier molecular flexibility index (Phi) is 8.72. The molecule has 37 heavy (non-hydrogen) atoms. The number of anilines is 1. The van der Waals surface area contributed by atoms with Crippen molar-refractivity contribution < 1.29 is 38.7 Å². The molecule has 1 amide bonds. The number of aromatic hydroxyl groups is 1. The normalized spacial score (nSPS) is 13.6. The molecule has 1 aliphatic rings. The van der Waals surface area contributed by atoms with Crippen molar-refractivity contribution in [3.05, 3.63) is 88.0 Å². The maximum atomic E-state index is 13.0. The van der Waals surface area contributed by atoms with Gasteiger partial charge in [0.1, 0.15) is 17.6 Å². The summed E-state index contributed by atoms with van der Waals surface area (Å²) in [5.74, 6) is 0.478. The van der Waals surface area contributed by atoms with Gasteiger partial charge in [-0.05, 0) is 77.9 Å². The van der Waals surface area contributed by atoms with E-state index in [1.807, 2.05) is 18.2 Å². The quantitative estimate of drug-likeness (QED) is 0.190. The topological polar surface area (TPSA) is 124 Å². The summed E-state index contributed by atoms with van der Waals surface area (Å²) in [4.78, 5) is 23.9. The molecule has 3 N–H and O–H groups in total. The van der Waals surface area contributed by atoms with Crippen molar-refractivity contribution >= 4 is 40.3 Å².